The second-order valence-corrected chi connectivity index (χ2v) is 7.63. The molecule has 4 heteroatoms. The van der Waals surface area contributed by atoms with E-state index in [0.29, 0.717) is 6.04 Å². The van der Waals surface area contributed by atoms with Crippen LogP contribution in [-0.2, 0) is 0 Å². The number of quaternary nitrogens is 1. The highest BCUT2D eigenvalue weighted by molar-refractivity contribution is 7.12. The van der Waals surface area contributed by atoms with Crippen LogP contribution in [0.3, 0.4) is 0 Å². The molecule has 4 rings (SSSR count). The largest absolute Gasteiger partial charge is 0.327 e. The quantitative estimate of drug-likeness (QED) is 0.757. The highest BCUT2D eigenvalue weighted by Crippen LogP contribution is 2.19. The standard InChI is InChI=1S/C22H22N2OS/c25-22(20-12-7-17-26-20)24-15-13-23(14-16-24)21(18-8-3-1-4-9-18)19-10-5-2-6-11-19/h1-12,17,21H,13-16H2/p+1. The minimum absolute atomic E-state index is 0.176. The first-order valence-corrected chi connectivity index (χ1v) is 9.98. The number of benzene rings is 2. The molecule has 0 spiro atoms. The van der Waals surface area contributed by atoms with E-state index in [1.807, 2.05) is 22.4 Å². The van der Waals surface area contributed by atoms with E-state index in [4.69, 9.17) is 0 Å². The molecular weight excluding hydrogens is 340 g/mol. The molecule has 0 aliphatic carbocycles. The van der Waals surface area contributed by atoms with Crippen LogP contribution in [0.1, 0.15) is 26.8 Å². The third kappa shape index (κ3) is 3.57. The number of nitrogens with one attached hydrogen (secondary N) is 1. The number of hydrogen-bond acceptors (Lipinski definition) is 2. The van der Waals surface area contributed by atoms with Gasteiger partial charge in [0.05, 0.1) is 31.1 Å². The average molecular weight is 364 g/mol. The van der Waals surface area contributed by atoms with Gasteiger partial charge in [0.2, 0.25) is 0 Å². The van der Waals surface area contributed by atoms with Gasteiger partial charge in [0.1, 0.15) is 6.04 Å². The van der Waals surface area contributed by atoms with Gasteiger partial charge in [-0.05, 0) is 11.4 Å². The normalized spacial score (nSPS) is 15.3. The molecule has 1 aromatic heterocycles. The van der Waals surface area contributed by atoms with Gasteiger partial charge >= 0.3 is 0 Å². The van der Waals surface area contributed by atoms with Crippen molar-refractivity contribution in [2.75, 3.05) is 26.2 Å². The number of carbonyl (C=O) groups is 1. The fraction of sp³-hybridized carbons (Fsp3) is 0.227. The zero-order valence-corrected chi connectivity index (χ0v) is 15.5. The number of carbonyl (C=O) groups excluding carboxylic acids is 1. The monoisotopic (exact) mass is 363 g/mol. The molecule has 3 nitrogen and oxygen atoms in total. The molecule has 0 bridgehead atoms. The van der Waals surface area contributed by atoms with Gasteiger partial charge in [-0.15, -0.1) is 11.3 Å². The highest BCUT2D eigenvalue weighted by atomic mass is 32.1. The van der Waals surface area contributed by atoms with E-state index in [0.717, 1.165) is 31.1 Å². The first-order chi connectivity index (χ1) is 12.8. The first-order valence-electron chi connectivity index (χ1n) is 9.10. The van der Waals surface area contributed by atoms with Crippen LogP contribution in [0.15, 0.2) is 78.2 Å². The molecule has 1 aliphatic rings. The van der Waals surface area contributed by atoms with Crippen molar-refractivity contribution in [1.82, 2.24) is 4.90 Å². The predicted molar refractivity (Wildman–Crippen MR) is 106 cm³/mol. The first kappa shape index (κ1) is 17.0. The molecule has 0 unspecified atom stereocenters. The fourth-order valence-corrected chi connectivity index (χ4v) is 4.49. The highest BCUT2D eigenvalue weighted by Gasteiger charge is 2.31. The Hall–Kier alpha value is -2.43. The Labute approximate surface area is 158 Å². The molecule has 2 aromatic carbocycles. The SMILES string of the molecule is O=C(c1cccs1)N1CC[NH+](C(c2ccccc2)c2ccccc2)CC1. The summed E-state index contributed by atoms with van der Waals surface area (Å²) in [6, 6.07) is 25.6. The van der Waals surface area contributed by atoms with E-state index in [2.05, 4.69) is 60.7 Å². The molecule has 1 amide bonds. The Balaban J connectivity index is 1.52. The van der Waals surface area contributed by atoms with Crippen LogP contribution in [0.4, 0.5) is 0 Å². The van der Waals surface area contributed by atoms with E-state index in [-0.39, 0.29) is 5.91 Å². The number of piperazine rings is 1. The molecule has 0 radical (unpaired) electrons. The third-order valence-corrected chi connectivity index (χ3v) is 5.96. The van der Waals surface area contributed by atoms with E-state index in [1.54, 1.807) is 0 Å². The smallest absolute Gasteiger partial charge is 0.264 e. The van der Waals surface area contributed by atoms with Crippen molar-refractivity contribution >= 4 is 17.2 Å². The second kappa shape index (κ2) is 7.85. The van der Waals surface area contributed by atoms with Crippen molar-refractivity contribution in [2.24, 2.45) is 0 Å². The summed E-state index contributed by atoms with van der Waals surface area (Å²) in [4.78, 5) is 17.0. The topological polar surface area (TPSA) is 24.8 Å². The summed E-state index contributed by atoms with van der Waals surface area (Å²) in [5.74, 6) is 0.176. The minimum atomic E-state index is 0.176. The zero-order valence-electron chi connectivity index (χ0n) is 14.7. The summed E-state index contributed by atoms with van der Waals surface area (Å²) in [7, 11) is 0. The molecule has 1 N–H and O–H groups in total. The molecule has 132 valence electrons. The summed E-state index contributed by atoms with van der Waals surface area (Å²) < 4.78 is 0. The van der Waals surface area contributed by atoms with Crippen molar-refractivity contribution < 1.29 is 9.69 Å². The Bertz CT molecular complexity index is 786. The van der Waals surface area contributed by atoms with Crippen molar-refractivity contribution in [3.8, 4) is 0 Å². The van der Waals surface area contributed by atoms with Gasteiger partial charge in [-0.1, -0.05) is 66.7 Å². The van der Waals surface area contributed by atoms with Crippen LogP contribution < -0.4 is 4.90 Å². The summed E-state index contributed by atoms with van der Waals surface area (Å²) in [5.41, 5.74) is 2.68. The summed E-state index contributed by atoms with van der Waals surface area (Å²) in [6.07, 6.45) is 0. The van der Waals surface area contributed by atoms with E-state index < -0.39 is 0 Å². The zero-order chi connectivity index (χ0) is 17.8. The molecule has 3 aromatic rings. The molecule has 1 saturated heterocycles. The maximum atomic E-state index is 12.6. The van der Waals surface area contributed by atoms with Crippen LogP contribution in [0.5, 0.6) is 0 Å². The number of nitrogens with zero attached hydrogens (tertiary/aromatic N) is 1. The molecule has 1 aliphatic heterocycles. The summed E-state index contributed by atoms with van der Waals surface area (Å²) >= 11 is 1.53. The molecule has 26 heavy (non-hydrogen) atoms. The lowest BCUT2D eigenvalue weighted by Crippen LogP contribution is -3.15. The minimum Gasteiger partial charge on any atom is -0.327 e. The van der Waals surface area contributed by atoms with Gasteiger partial charge in [-0.25, -0.2) is 0 Å². The Kier molecular flexibility index (Phi) is 5.14. The maximum absolute atomic E-state index is 12.6. The van der Waals surface area contributed by atoms with Gasteiger partial charge in [-0.3, -0.25) is 4.79 Å². The van der Waals surface area contributed by atoms with E-state index in [1.165, 1.54) is 27.4 Å². The van der Waals surface area contributed by atoms with E-state index >= 15 is 0 Å². The maximum Gasteiger partial charge on any atom is 0.264 e. The summed E-state index contributed by atoms with van der Waals surface area (Å²) in [5, 5.41) is 1.97. The van der Waals surface area contributed by atoms with Crippen LogP contribution >= 0.6 is 11.3 Å². The van der Waals surface area contributed by atoms with Gasteiger partial charge in [0, 0.05) is 11.1 Å². The Morgan fingerprint density at radius 1 is 0.846 bits per heavy atom. The number of amides is 1. The Morgan fingerprint density at radius 2 is 1.42 bits per heavy atom. The second-order valence-electron chi connectivity index (χ2n) is 6.68. The van der Waals surface area contributed by atoms with Gasteiger partial charge in [0.15, 0.2) is 0 Å². The van der Waals surface area contributed by atoms with E-state index in [9.17, 15) is 4.79 Å². The van der Waals surface area contributed by atoms with Gasteiger partial charge in [-0.2, -0.15) is 0 Å². The lowest BCUT2D eigenvalue weighted by atomic mass is 9.96. The Morgan fingerprint density at radius 3 is 1.92 bits per heavy atom. The average Bonchev–Trinajstić information content (AvgIpc) is 3.25. The van der Waals surface area contributed by atoms with Crippen molar-refractivity contribution in [2.45, 2.75) is 6.04 Å². The molecule has 2 heterocycles. The lowest BCUT2D eigenvalue weighted by Gasteiger charge is -2.37. The van der Waals surface area contributed by atoms with Gasteiger partial charge in [0.25, 0.3) is 5.91 Å². The van der Waals surface area contributed by atoms with Crippen LogP contribution in [0.2, 0.25) is 0 Å². The number of thiophene rings is 1. The van der Waals surface area contributed by atoms with Gasteiger partial charge < -0.3 is 9.80 Å². The van der Waals surface area contributed by atoms with Crippen LogP contribution in [0.25, 0.3) is 0 Å². The molecule has 0 atom stereocenters. The predicted octanol–water partition coefficient (Wildman–Crippen LogP) is 2.88. The fourth-order valence-electron chi connectivity index (χ4n) is 3.80. The van der Waals surface area contributed by atoms with Crippen molar-refractivity contribution in [3.63, 3.8) is 0 Å². The van der Waals surface area contributed by atoms with Crippen LogP contribution in [0, 0.1) is 0 Å². The van der Waals surface area contributed by atoms with Crippen molar-refractivity contribution in [1.29, 1.82) is 0 Å². The number of hydrogen-bond donors (Lipinski definition) is 1. The van der Waals surface area contributed by atoms with Crippen molar-refractivity contribution in [3.05, 3.63) is 94.2 Å². The molecule has 0 saturated carbocycles. The van der Waals surface area contributed by atoms with Crippen LogP contribution in [-0.4, -0.2) is 37.0 Å². The molecule has 1 fully saturated rings. The third-order valence-electron chi connectivity index (χ3n) is 5.10. The molecular formula is C22H23N2OS+. The lowest BCUT2D eigenvalue weighted by molar-refractivity contribution is -0.929. The number of rotatable bonds is 4. The summed E-state index contributed by atoms with van der Waals surface area (Å²) in [6.45, 7) is 3.54.